The summed E-state index contributed by atoms with van der Waals surface area (Å²) in [4.78, 5) is 13.8. The lowest BCUT2D eigenvalue weighted by Gasteiger charge is -2.19. The van der Waals surface area contributed by atoms with Crippen LogP contribution in [0.2, 0.25) is 0 Å². The zero-order valence-corrected chi connectivity index (χ0v) is 9.98. The van der Waals surface area contributed by atoms with Crippen LogP contribution >= 0.6 is 0 Å². The van der Waals surface area contributed by atoms with Crippen molar-refractivity contribution < 1.29 is 14.6 Å². The zero-order chi connectivity index (χ0) is 12.3. The monoisotopic (exact) mass is 235 g/mol. The molecule has 0 aliphatic carbocycles. The van der Waals surface area contributed by atoms with Gasteiger partial charge < -0.3 is 14.7 Å². The Balaban J connectivity index is 2.34. The van der Waals surface area contributed by atoms with Gasteiger partial charge >= 0.3 is 5.97 Å². The van der Waals surface area contributed by atoms with E-state index in [1.54, 1.807) is 6.07 Å². The standard InChI is InChI=1S/C13H17NO3/c1-17-13(16)11-6-10(9-15)7-12(8-11)14-4-2-3-5-14/h6-8,15H,2-5,9H2,1H3. The molecule has 0 saturated carbocycles. The molecule has 2 rings (SSSR count). The second-order valence-electron chi connectivity index (χ2n) is 4.23. The fourth-order valence-corrected chi connectivity index (χ4v) is 2.16. The third kappa shape index (κ3) is 2.58. The molecule has 92 valence electrons. The lowest BCUT2D eigenvalue weighted by molar-refractivity contribution is 0.0600. The van der Waals surface area contributed by atoms with Gasteiger partial charge in [-0.1, -0.05) is 0 Å². The summed E-state index contributed by atoms with van der Waals surface area (Å²) in [5.41, 5.74) is 2.24. The van der Waals surface area contributed by atoms with Crippen molar-refractivity contribution in [2.45, 2.75) is 19.4 Å². The number of rotatable bonds is 3. The predicted octanol–water partition coefficient (Wildman–Crippen LogP) is 1.57. The van der Waals surface area contributed by atoms with Crippen molar-refractivity contribution in [3.63, 3.8) is 0 Å². The molecule has 1 heterocycles. The summed E-state index contributed by atoms with van der Waals surface area (Å²) < 4.78 is 4.71. The molecule has 0 atom stereocenters. The third-order valence-electron chi connectivity index (χ3n) is 3.05. The minimum Gasteiger partial charge on any atom is -0.465 e. The highest BCUT2D eigenvalue weighted by molar-refractivity contribution is 5.90. The van der Waals surface area contributed by atoms with E-state index in [0.29, 0.717) is 5.56 Å². The van der Waals surface area contributed by atoms with E-state index in [9.17, 15) is 9.90 Å². The van der Waals surface area contributed by atoms with Gasteiger partial charge in [-0.25, -0.2) is 4.79 Å². The van der Waals surface area contributed by atoms with Crippen LogP contribution in [0.1, 0.15) is 28.8 Å². The van der Waals surface area contributed by atoms with E-state index in [1.165, 1.54) is 20.0 Å². The average molecular weight is 235 g/mol. The summed E-state index contributed by atoms with van der Waals surface area (Å²) in [5, 5.41) is 9.21. The van der Waals surface area contributed by atoms with E-state index in [2.05, 4.69) is 4.90 Å². The zero-order valence-electron chi connectivity index (χ0n) is 9.98. The Morgan fingerprint density at radius 1 is 1.35 bits per heavy atom. The van der Waals surface area contributed by atoms with Gasteiger partial charge in [0.05, 0.1) is 19.3 Å². The quantitative estimate of drug-likeness (QED) is 0.808. The highest BCUT2D eigenvalue weighted by Gasteiger charge is 2.15. The number of anilines is 1. The Morgan fingerprint density at radius 3 is 2.65 bits per heavy atom. The van der Waals surface area contributed by atoms with Gasteiger partial charge in [0.2, 0.25) is 0 Å². The van der Waals surface area contributed by atoms with Gasteiger partial charge in [0.1, 0.15) is 0 Å². The highest BCUT2D eigenvalue weighted by Crippen LogP contribution is 2.23. The van der Waals surface area contributed by atoms with Crippen LogP contribution in [0.15, 0.2) is 18.2 Å². The maximum Gasteiger partial charge on any atom is 0.337 e. The molecule has 0 radical (unpaired) electrons. The number of aliphatic hydroxyl groups is 1. The number of benzene rings is 1. The second-order valence-corrected chi connectivity index (χ2v) is 4.23. The highest BCUT2D eigenvalue weighted by atomic mass is 16.5. The van der Waals surface area contributed by atoms with Crippen LogP contribution in [-0.4, -0.2) is 31.3 Å². The van der Waals surface area contributed by atoms with E-state index >= 15 is 0 Å². The molecule has 0 unspecified atom stereocenters. The molecule has 1 fully saturated rings. The van der Waals surface area contributed by atoms with Crippen molar-refractivity contribution in [1.29, 1.82) is 0 Å². The molecule has 1 N–H and O–H groups in total. The summed E-state index contributed by atoms with van der Waals surface area (Å²) in [7, 11) is 1.36. The van der Waals surface area contributed by atoms with Crippen molar-refractivity contribution >= 4 is 11.7 Å². The fourth-order valence-electron chi connectivity index (χ4n) is 2.16. The van der Waals surface area contributed by atoms with Crippen LogP contribution < -0.4 is 4.90 Å². The summed E-state index contributed by atoms with van der Waals surface area (Å²) in [6.07, 6.45) is 2.35. The summed E-state index contributed by atoms with van der Waals surface area (Å²) in [6, 6.07) is 5.43. The van der Waals surface area contributed by atoms with E-state index in [4.69, 9.17) is 4.74 Å². The Hall–Kier alpha value is -1.55. The van der Waals surface area contributed by atoms with Gasteiger partial charge in [-0.15, -0.1) is 0 Å². The number of methoxy groups -OCH3 is 1. The first-order chi connectivity index (χ1) is 8.24. The molecule has 0 spiro atoms. The molecule has 4 heteroatoms. The Morgan fingerprint density at radius 2 is 2.06 bits per heavy atom. The van der Waals surface area contributed by atoms with Crippen LogP contribution in [0.25, 0.3) is 0 Å². The number of nitrogens with zero attached hydrogens (tertiary/aromatic N) is 1. The normalized spacial score (nSPS) is 15.1. The molecular weight excluding hydrogens is 218 g/mol. The number of esters is 1. The van der Waals surface area contributed by atoms with Crippen LogP contribution in [0.4, 0.5) is 5.69 Å². The molecule has 1 aromatic rings. The van der Waals surface area contributed by atoms with Crippen molar-refractivity contribution in [3.8, 4) is 0 Å². The first kappa shape index (κ1) is 11.9. The van der Waals surface area contributed by atoms with Gasteiger partial charge in [-0.2, -0.15) is 0 Å². The van der Waals surface area contributed by atoms with Crippen LogP contribution in [-0.2, 0) is 11.3 Å². The maximum atomic E-state index is 11.5. The molecular formula is C13H17NO3. The summed E-state index contributed by atoms with van der Waals surface area (Å²) in [6.45, 7) is 1.96. The first-order valence-corrected chi connectivity index (χ1v) is 5.82. The lowest BCUT2D eigenvalue weighted by atomic mass is 10.1. The molecule has 4 nitrogen and oxygen atoms in total. The van der Waals surface area contributed by atoms with E-state index < -0.39 is 0 Å². The fraction of sp³-hybridized carbons (Fsp3) is 0.462. The minimum absolute atomic E-state index is 0.0638. The lowest BCUT2D eigenvalue weighted by Crippen LogP contribution is -2.18. The van der Waals surface area contributed by atoms with Crippen LogP contribution in [0, 0.1) is 0 Å². The molecule has 1 saturated heterocycles. The van der Waals surface area contributed by atoms with Gasteiger partial charge in [0.25, 0.3) is 0 Å². The smallest absolute Gasteiger partial charge is 0.337 e. The number of carbonyl (C=O) groups excluding carboxylic acids is 1. The van der Waals surface area contributed by atoms with Crippen molar-refractivity contribution in [1.82, 2.24) is 0 Å². The maximum absolute atomic E-state index is 11.5. The van der Waals surface area contributed by atoms with Crippen molar-refractivity contribution in [2.24, 2.45) is 0 Å². The number of aliphatic hydroxyl groups excluding tert-OH is 1. The molecule has 1 aromatic carbocycles. The molecule has 1 aliphatic rings. The van der Waals surface area contributed by atoms with E-state index in [0.717, 1.165) is 24.3 Å². The number of ether oxygens (including phenoxy) is 1. The number of hydrogen-bond acceptors (Lipinski definition) is 4. The molecule has 0 bridgehead atoms. The average Bonchev–Trinajstić information content (AvgIpc) is 2.91. The van der Waals surface area contributed by atoms with Crippen LogP contribution in [0.3, 0.4) is 0 Å². The van der Waals surface area contributed by atoms with Gasteiger partial charge in [-0.3, -0.25) is 0 Å². The number of carbonyl (C=O) groups is 1. The Kier molecular flexibility index (Phi) is 3.64. The Labute approximate surface area is 101 Å². The summed E-state index contributed by atoms with van der Waals surface area (Å²) in [5.74, 6) is -0.360. The molecule has 0 aromatic heterocycles. The topological polar surface area (TPSA) is 49.8 Å². The van der Waals surface area contributed by atoms with Gasteiger partial charge in [0.15, 0.2) is 0 Å². The van der Waals surface area contributed by atoms with Gasteiger partial charge in [-0.05, 0) is 36.6 Å². The van der Waals surface area contributed by atoms with Crippen molar-refractivity contribution in [2.75, 3.05) is 25.1 Å². The minimum atomic E-state index is -0.360. The van der Waals surface area contributed by atoms with Crippen LogP contribution in [0.5, 0.6) is 0 Å². The first-order valence-electron chi connectivity index (χ1n) is 5.82. The summed E-state index contributed by atoms with van der Waals surface area (Å²) >= 11 is 0. The van der Waals surface area contributed by atoms with E-state index in [-0.39, 0.29) is 12.6 Å². The Bertz CT molecular complexity index is 411. The molecule has 1 aliphatic heterocycles. The second kappa shape index (κ2) is 5.19. The SMILES string of the molecule is COC(=O)c1cc(CO)cc(N2CCCC2)c1. The van der Waals surface area contributed by atoms with Crippen molar-refractivity contribution in [3.05, 3.63) is 29.3 Å². The molecule has 17 heavy (non-hydrogen) atoms. The number of hydrogen-bond donors (Lipinski definition) is 1. The molecule has 0 amide bonds. The predicted molar refractivity (Wildman–Crippen MR) is 65.2 cm³/mol. The third-order valence-corrected chi connectivity index (χ3v) is 3.05. The van der Waals surface area contributed by atoms with E-state index in [1.807, 2.05) is 12.1 Å². The largest absolute Gasteiger partial charge is 0.465 e. The van der Waals surface area contributed by atoms with Gasteiger partial charge in [0, 0.05) is 18.8 Å².